The first-order chi connectivity index (χ1) is 6.79. The molecule has 4 nitrogen and oxygen atoms in total. The zero-order valence-corrected chi connectivity index (χ0v) is 7.76. The van der Waals surface area contributed by atoms with Crippen molar-refractivity contribution in [2.45, 2.75) is 6.36 Å². The summed E-state index contributed by atoms with van der Waals surface area (Å²) in [5.41, 5.74) is 4.45. The number of nitrogens with two attached hydrogens (primary N) is 1. The van der Waals surface area contributed by atoms with E-state index < -0.39 is 18.1 Å². The largest absolute Gasteiger partial charge is 0.574 e. The van der Waals surface area contributed by atoms with Crippen LogP contribution >= 0.6 is 11.6 Å². The van der Waals surface area contributed by atoms with E-state index >= 15 is 0 Å². The third kappa shape index (κ3) is 3.28. The number of pyridine rings is 1. The minimum absolute atomic E-state index is 0.362. The van der Waals surface area contributed by atoms with Gasteiger partial charge in [0.1, 0.15) is 10.7 Å². The van der Waals surface area contributed by atoms with Crippen LogP contribution in [-0.4, -0.2) is 17.3 Å². The Balaban J connectivity index is 3.06. The number of alkyl halides is 3. The Morgan fingerprint density at radius 3 is 2.53 bits per heavy atom. The van der Waals surface area contributed by atoms with E-state index in [1.54, 1.807) is 0 Å². The maximum Gasteiger partial charge on any atom is 0.574 e. The Hall–Kier alpha value is -1.50. The van der Waals surface area contributed by atoms with Gasteiger partial charge in [-0.05, 0) is 12.1 Å². The van der Waals surface area contributed by atoms with Gasteiger partial charge in [-0.25, -0.2) is 4.98 Å². The molecule has 0 atom stereocenters. The van der Waals surface area contributed by atoms with Crippen LogP contribution in [0, 0.1) is 0 Å². The van der Waals surface area contributed by atoms with Crippen LogP contribution in [0.25, 0.3) is 0 Å². The molecule has 0 spiro atoms. The van der Waals surface area contributed by atoms with Crippen LogP contribution in [0.3, 0.4) is 0 Å². The van der Waals surface area contributed by atoms with Crippen LogP contribution in [0.2, 0.25) is 5.02 Å². The molecule has 0 aliphatic heterocycles. The highest BCUT2D eigenvalue weighted by atomic mass is 35.5. The molecule has 82 valence electrons. The summed E-state index contributed by atoms with van der Waals surface area (Å²) in [6.07, 6.45) is -4.92. The Kier molecular flexibility index (Phi) is 3.04. The van der Waals surface area contributed by atoms with Crippen LogP contribution in [0.4, 0.5) is 13.2 Å². The van der Waals surface area contributed by atoms with Gasteiger partial charge in [0.15, 0.2) is 0 Å². The summed E-state index contributed by atoms with van der Waals surface area (Å²) in [6.45, 7) is 0. The zero-order chi connectivity index (χ0) is 11.6. The van der Waals surface area contributed by atoms with Gasteiger partial charge in [-0.2, -0.15) is 0 Å². The van der Waals surface area contributed by atoms with Crippen LogP contribution in [0.5, 0.6) is 5.88 Å². The molecule has 1 amide bonds. The fraction of sp³-hybridized carbons (Fsp3) is 0.143. The molecule has 2 N–H and O–H groups in total. The summed E-state index contributed by atoms with van der Waals surface area (Å²) in [6, 6.07) is 2.13. The standard InChI is InChI=1S/C7H4ClF3N2O2/c8-3-1-2-4(5(12)14)13-6(3)15-7(9,10)11/h1-2H,(H2,12,14). The summed E-state index contributed by atoms with van der Waals surface area (Å²) < 4.78 is 38.9. The third-order valence-corrected chi connectivity index (χ3v) is 1.57. The van der Waals surface area contributed by atoms with Gasteiger partial charge < -0.3 is 10.5 Å². The second-order valence-electron chi connectivity index (χ2n) is 2.40. The number of amides is 1. The molecule has 0 aliphatic rings. The lowest BCUT2D eigenvalue weighted by Crippen LogP contribution is -2.20. The molecule has 8 heteroatoms. The minimum Gasteiger partial charge on any atom is -0.386 e. The lowest BCUT2D eigenvalue weighted by atomic mass is 10.3. The van der Waals surface area contributed by atoms with Crippen molar-refractivity contribution >= 4 is 17.5 Å². The first-order valence-corrected chi connectivity index (χ1v) is 3.89. The molecular weight excluding hydrogens is 237 g/mol. The lowest BCUT2D eigenvalue weighted by Gasteiger charge is -2.09. The summed E-state index contributed by atoms with van der Waals surface area (Å²) >= 11 is 5.37. The number of ether oxygens (including phenoxy) is 1. The lowest BCUT2D eigenvalue weighted by molar-refractivity contribution is -0.276. The molecule has 0 radical (unpaired) electrons. The normalized spacial score (nSPS) is 11.2. The first-order valence-electron chi connectivity index (χ1n) is 3.51. The number of hydrogen-bond acceptors (Lipinski definition) is 3. The van der Waals surface area contributed by atoms with E-state index in [0.29, 0.717) is 0 Å². The average molecular weight is 241 g/mol. The molecule has 0 unspecified atom stereocenters. The smallest absolute Gasteiger partial charge is 0.386 e. The summed E-state index contributed by atoms with van der Waals surface area (Å²) in [5.74, 6) is -1.88. The van der Waals surface area contributed by atoms with Gasteiger partial charge in [-0.1, -0.05) is 11.6 Å². The van der Waals surface area contributed by atoms with E-state index in [1.807, 2.05) is 0 Å². The quantitative estimate of drug-likeness (QED) is 0.856. The van der Waals surface area contributed by atoms with Crippen LogP contribution in [0.15, 0.2) is 12.1 Å². The van der Waals surface area contributed by atoms with E-state index in [-0.39, 0.29) is 10.7 Å². The predicted molar refractivity (Wildman–Crippen MR) is 44.4 cm³/mol. The second-order valence-corrected chi connectivity index (χ2v) is 2.80. The molecule has 1 heterocycles. The fourth-order valence-corrected chi connectivity index (χ4v) is 0.886. The van der Waals surface area contributed by atoms with Crippen molar-refractivity contribution in [3.8, 4) is 5.88 Å². The molecular formula is C7H4ClF3N2O2. The van der Waals surface area contributed by atoms with Crippen molar-refractivity contribution < 1.29 is 22.7 Å². The molecule has 1 aromatic rings. The van der Waals surface area contributed by atoms with Crippen LogP contribution < -0.4 is 10.5 Å². The minimum atomic E-state index is -4.92. The topological polar surface area (TPSA) is 65.2 Å². The predicted octanol–water partition coefficient (Wildman–Crippen LogP) is 1.73. The number of aromatic nitrogens is 1. The number of carbonyl (C=O) groups excluding carboxylic acids is 1. The SMILES string of the molecule is NC(=O)c1ccc(Cl)c(OC(F)(F)F)n1. The molecule has 1 rings (SSSR count). The van der Waals surface area contributed by atoms with Crippen molar-refractivity contribution in [2.75, 3.05) is 0 Å². The van der Waals surface area contributed by atoms with E-state index in [1.165, 1.54) is 0 Å². The van der Waals surface area contributed by atoms with Gasteiger partial charge in [0.25, 0.3) is 5.91 Å². The average Bonchev–Trinajstić information content (AvgIpc) is 2.06. The van der Waals surface area contributed by atoms with E-state index in [0.717, 1.165) is 12.1 Å². The molecule has 0 bridgehead atoms. The second kappa shape index (κ2) is 3.93. The highest BCUT2D eigenvalue weighted by Gasteiger charge is 2.33. The number of halogens is 4. The number of nitrogens with zero attached hydrogens (tertiary/aromatic N) is 1. The highest BCUT2D eigenvalue weighted by Crippen LogP contribution is 2.27. The van der Waals surface area contributed by atoms with Gasteiger partial charge in [0.05, 0.1) is 0 Å². The molecule has 15 heavy (non-hydrogen) atoms. The van der Waals surface area contributed by atoms with E-state index in [4.69, 9.17) is 17.3 Å². The molecule has 0 saturated heterocycles. The Morgan fingerprint density at radius 1 is 1.47 bits per heavy atom. The van der Waals surface area contributed by atoms with Gasteiger partial charge in [0, 0.05) is 0 Å². The van der Waals surface area contributed by atoms with Gasteiger partial charge in [-0.3, -0.25) is 4.79 Å². The van der Waals surface area contributed by atoms with Crippen LogP contribution in [-0.2, 0) is 0 Å². The van der Waals surface area contributed by atoms with Gasteiger partial charge >= 0.3 is 6.36 Å². The number of hydrogen-bond donors (Lipinski definition) is 1. The summed E-state index contributed by atoms with van der Waals surface area (Å²) in [4.78, 5) is 13.8. The van der Waals surface area contributed by atoms with Crippen LogP contribution in [0.1, 0.15) is 10.5 Å². The van der Waals surface area contributed by atoms with E-state index in [2.05, 4.69) is 9.72 Å². The van der Waals surface area contributed by atoms with E-state index in [9.17, 15) is 18.0 Å². The molecule has 0 saturated carbocycles. The highest BCUT2D eigenvalue weighted by molar-refractivity contribution is 6.31. The maximum atomic E-state index is 11.8. The van der Waals surface area contributed by atoms with Crippen molar-refractivity contribution in [1.82, 2.24) is 4.98 Å². The van der Waals surface area contributed by atoms with Gasteiger partial charge in [-0.15, -0.1) is 13.2 Å². The number of carbonyl (C=O) groups is 1. The molecule has 1 aromatic heterocycles. The summed E-state index contributed by atoms with van der Waals surface area (Å²) in [7, 11) is 0. The van der Waals surface area contributed by atoms with Crippen molar-refractivity contribution in [3.05, 3.63) is 22.8 Å². The number of primary amides is 1. The van der Waals surface area contributed by atoms with Gasteiger partial charge in [0.2, 0.25) is 5.88 Å². The molecule has 0 aliphatic carbocycles. The Morgan fingerprint density at radius 2 is 2.07 bits per heavy atom. The molecule has 0 aromatic carbocycles. The van der Waals surface area contributed by atoms with Crippen molar-refractivity contribution in [2.24, 2.45) is 5.73 Å². The Bertz CT molecular complexity index is 394. The number of rotatable bonds is 2. The third-order valence-electron chi connectivity index (χ3n) is 1.28. The van der Waals surface area contributed by atoms with Crippen molar-refractivity contribution in [3.63, 3.8) is 0 Å². The Labute approximate surface area is 86.8 Å². The van der Waals surface area contributed by atoms with Crippen molar-refractivity contribution in [1.29, 1.82) is 0 Å². The maximum absolute atomic E-state index is 11.8. The zero-order valence-electron chi connectivity index (χ0n) is 7.01. The monoisotopic (exact) mass is 240 g/mol. The summed E-state index contributed by atoms with van der Waals surface area (Å²) in [5, 5.41) is -0.364. The molecule has 0 fully saturated rings. The first kappa shape index (κ1) is 11.6. The fourth-order valence-electron chi connectivity index (χ4n) is 0.742.